The molecule has 0 saturated heterocycles. The molecule has 0 amide bonds. The molecule has 0 aliphatic heterocycles. The molecule has 1 atom stereocenters. The number of unbranched alkanes of at least 4 members (excludes halogenated alkanes) is 23. The van der Waals surface area contributed by atoms with Crippen molar-refractivity contribution in [3.8, 4) is 0 Å². The lowest BCUT2D eigenvalue weighted by molar-refractivity contribution is -0.166. The number of rotatable bonds is 60. The third-order valence-corrected chi connectivity index (χ3v) is 14.0. The minimum Gasteiger partial charge on any atom is -0.462 e. The lowest BCUT2D eigenvalue weighted by Gasteiger charge is -2.18. The molecule has 0 aromatic rings. The van der Waals surface area contributed by atoms with Crippen LogP contribution in [-0.4, -0.2) is 37.2 Å². The fourth-order valence-corrected chi connectivity index (χ4v) is 9.00. The molecule has 0 fully saturated rings. The first-order valence-corrected chi connectivity index (χ1v) is 34.0. The van der Waals surface area contributed by atoms with Gasteiger partial charge in [0.15, 0.2) is 6.10 Å². The van der Waals surface area contributed by atoms with E-state index in [1.165, 1.54) is 122 Å². The van der Waals surface area contributed by atoms with Gasteiger partial charge in [0.2, 0.25) is 0 Å². The molecule has 0 aromatic carbocycles. The third kappa shape index (κ3) is 67.7. The van der Waals surface area contributed by atoms with Crippen LogP contribution >= 0.6 is 0 Å². The topological polar surface area (TPSA) is 78.9 Å². The maximum Gasteiger partial charge on any atom is 0.306 e. The number of ether oxygens (including phenoxy) is 3. The average Bonchev–Trinajstić information content (AvgIpc) is 3.49. The van der Waals surface area contributed by atoms with Gasteiger partial charge in [-0.25, -0.2) is 0 Å². The Balaban J connectivity index is 4.36. The molecule has 6 nitrogen and oxygen atoms in total. The highest BCUT2D eigenvalue weighted by Gasteiger charge is 2.19. The monoisotopic (exact) mass is 1140 g/mol. The quantitative estimate of drug-likeness (QED) is 0.0261. The lowest BCUT2D eigenvalue weighted by Crippen LogP contribution is -2.30. The normalized spacial score (nSPS) is 13.1. The largest absolute Gasteiger partial charge is 0.462 e. The summed E-state index contributed by atoms with van der Waals surface area (Å²) in [5, 5.41) is 0. The minimum atomic E-state index is -0.820. The second-order valence-corrected chi connectivity index (χ2v) is 22.0. The SMILES string of the molecule is CC/C=C\C/C=C\C/C=C\C/C=C\C/C=C\C/C=C\C/C=C\CCCCCCCCCCCC(=O)OCC(COC(=O)CC/C=C\C/C=C\C/C=C\C/C=C\CC)OC(=O)CCCCCCCCCCC/C=C\C/C=C\CCCCCCC. The summed E-state index contributed by atoms with van der Waals surface area (Å²) in [6.45, 7) is 6.33. The van der Waals surface area contributed by atoms with Gasteiger partial charge >= 0.3 is 17.9 Å². The Kier molecular flexibility index (Phi) is 65.4. The number of allylic oxidation sites excluding steroid dienone is 26. The van der Waals surface area contributed by atoms with E-state index in [0.29, 0.717) is 19.3 Å². The lowest BCUT2D eigenvalue weighted by atomic mass is 10.1. The zero-order valence-corrected chi connectivity index (χ0v) is 53.7. The molecule has 0 rings (SSSR count). The van der Waals surface area contributed by atoms with Crippen LogP contribution in [0.2, 0.25) is 0 Å². The predicted molar refractivity (Wildman–Crippen MR) is 362 cm³/mol. The molecule has 0 saturated carbocycles. The fourth-order valence-electron chi connectivity index (χ4n) is 9.00. The summed E-state index contributed by atoms with van der Waals surface area (Å²) in [6.07, 6.45) is 101. The zero-order valence-electron chi connectivity index (χ0n) is 53.7. The standard InChI is InChI=1S/C77H124O6/c1-4-7-10-13-16-19-22-25-27-29-31-33-34-35-36-37-38-39-40-41-42-44-45-47-49-52-55-58-61-64-67-70-76(79)82-73-74(72-81-75(78)69-66-63-60-57-54-51-24-21-18-15-12-9-6-3)83-77(80)71-68-65-62-59-56-53-50-48-46-43-32-30-28-26-23-20-17-14-11-8-5-2/h7,9-10,12,16,18-19,21,23,25-27,30-33,35-36,38-39,41-42,51,54,60,63,74H,4-6,8,11,13-15,17,20,22,24,28-29,34,37,40,43-50,52-53,55-59,61-62,64-73H2,1-3H3/b10-7-,12-9-,19-16-,21-18-,26-23-,27-25-,32-30-,33-31-,36-35-,39-38-,42-41-,54-51-,63-60-. The van der Waals surface area contributed by atoms with Crippen LogP contribution in [0.25, 0.3) is 0 Å². The van der Waals surface area contributed by atoms with E-state index in [-0.39, 0.29) is 37.5 Å². The molecule has 0 bridgehead atoms. The van der Waals surface area contributed by atoms with Crippen LogP contribution in [0.15, 0.2) is 158 Å². The summed E-state index contributed by atoms with van der Waals surface area (Å²) in [5.41, 5.74) is 0. The van der Waals surface area contributed by atoms with Crippen LogP contribution in [-0.2, 0) is 28.6 Å². The third-order valence-electron chi connectivity index (χ3n) is 14.0. The van der Waals surface area contributed by atoms with Gasteiger partial charge in [-0.05, 0) is 135 Å². The maximum atomic E-state index is 12.9. The Bertz CT molecular complexity index is 1840. The van der Waals surface area contributed by atoms with Gasteiger partial charge in [0.05, 0.1) is 0 Å². The highest BCUT2D eigenvalue weighted by Crippen LogP contribution is 2.15. The van der Waals surface area contributed by atoms with Gasteiger partial charge in [0.25, 0.3) is 0 Å². The van der Waals surface area contributed by atoms with E-state index in [2.05, 4.69) is 173 Å². The first-order chi connectivity index (χ1) is 41.0. The van der Waals surface area contributed by atoms with Crippen molar-refractivity contribution >= 4 is 17.9 Å². The van der Waals surface area contributed by atoms with Gasteiger partial charge in [-0.1, -0.05) is 294 Å². The second kappa shape index (κ2) is 69.5. The van der Waals surface area contributed by atoms with Crippen molar-refractivity contribution in [3.05, 3.63) is 158 Å². The second-order valence-electron chi connectivity index (χ2n) is 22.0. The Morgan fingerprint density at radius 3 is 0.807 bits per heavy atom. The molecular weight excluding hydrogens is 1020 g/mol. The number of carbonyl (C=O) groups excluding carboxylic acids is 3. The summed E-state index contributed by atoms with van der Waals surface area (Å²) in [6, 6.07) is 0. The molecule has 0 heterocycles. The van der Waals surface area contributed by atoms with Gasteiger partial charge in [-0.3, -0.25) is 14.4 Å². The van der Waals surface area contributed by atoms with Crippen LogP contribution in [0.3, 0.4) is 0 Å². The van der Waals surface area contributed by atoms with Crippen molar-refractivity contribution in [1.82, 2.24) is 0 Å². The van der Waals surface area contributed by atoms with Crippen molar-refractivity contribution in [2.45, 2.75) is 297 Å². The summed E-state index contributed by atoms with van der Waals surface area (Å²) < 4.78 is 16.9. The van der Waals surface area contributed by atoms with Gasteiger partial charge in [-0.15, -0.1) is 0 Å². The van der Waals surface area contributed by atoms with E-state index in [1.54, 1.807) is 0 Å². The van der Waals surface area contributed by atoms with Crippen LogP contribution in [0, 0.1) is 0 Å². The molecule has 0 aliphatic carbocycles. The number of hydrogen-bond donors (Lipinski definition) is 0. The average molecular weight is 1150 g/mol. The van der Waals surface area contributed by atoms with E-state index in [1.807, 2.05) is 6.08 Å². The van der Waals surface area contributed by atoms with Crippen molar-refractivity contribution < 1.29 is 28.6 Å². The fraction of sp³-hybridized carbons (Fsp3) is 0.623. The Morgan fingerprint density at radius 2 is 0.494 bits per heavy atom. The van der Waals surface area contributed by atoms with E-state index in [9.17, 15) is 14.4 Å². The molecule has 0 radical (unpaired) electrons. The van der Waals surface area contributed by atoms with Crippen LogP contribution in [0.1, 0.15) is 290 Å². The summed E-state index contributed by atoms with van der Waals surface area (Å²) in [7, 11) is 0. The summed E-state index contributed by atoms with van der Waals surface area (Å²) >= 11 is 0. The van der Waals surface area contributed by atoms with Crippen molar-refractivity contribution in [1.29, 1.82) is 0 Å². The number of carbonyl (C=O) groups is 3. The van der Waals surface area contributed by atoms with Gasteiger partial charge in [-0.2, -0.15) is 0 Å². The predicted octanol–water partition coefficient (Wildman–Crippen LogP) is 23.7. The van der Waals surface area contributed by atoms with Crippen LogP contribution in [0.4, 0.5) is 0 Å². The molecule has 0 aliphatic rings. The Morgan fingerprint density at radius 1 is 0.253 bits per heavy atom. The van der Waals surface area contributed by atoms with E-state index in [4.69, 9.17) is 14.2 Å². The molecule has 0 N–H and O–H groups in total. The Labute approximate surface area is 511 Å². The van der Waals surface area contributed by atoms with E-state index in [0.717, 1.165) is 122 Å². The highest BCUT2D eigenvalue weighted by atomic mass is 16.6. The molecule has 0 spiro atoms. The summed E-state index contributed by atoms with van der Waals surface area (Å²) in [5.74, 6) is -1.00. The van der Waals surface area contributed by atoms with Crippen LogP contribution < -0.4 is 0 Å². The molecule has 468 valence electrons. The van der Waals surface area contributed by atoms with Crippen LogP contribution in [0.5, 0.6) is 0 Å². The first kappa shape index (κ1) is 78.0. The zero-order chi connectivity index (χ0) is 59.9. The van der Waals surface area contributed by atoms with E-state index < -0.39 is 6.10 Å². The summed E-state index contributed by atoms with van der Waals surface area (Å²) in [4.78, 5) is 38.3. The molecule has 83 heavy (non-hydrogen) atoms. The highest BCUT2D eigenvalue weighted by molar-refractivity contribution is 5.71. The van der Waals surface area contributed by atoms with Crippen molar-refractivity contribution in [2.75, 3.05) is 13.2 Å². The minimum absolute atomic E-state index is 0.110. The van der Waals surface area contributed by atoms with Gasteiger partial charge in [0.1, 0.15) is 13.2 Å². The molecule has 6 heteroatoms. The van der Waals surface area contributed by atoms with Gasteiger partial charge in [0, 0.05) is 19.3 Å². The van der Waals surface area contributed by atoms with Crippen molar-refractivity contribution in [2.24, 2.45) is 0 Å². The first-order valence-electron chi connectivity index (χ1n) is 34.0. The molecule has 0 aromatic heterocycles. The maximum absolute atomic E-state index is 12.9. The molecule has 1 unspecified atom stereocenters. The number of esters is 3. The Hall–Kier alpha value is -4.97. The molecular formula is C77H124O6. The smallest absolute Gasteiger partial charge is 0.306 e. The van der Waals surface area contributed by atoms with Crippen molar-refractivity contribution in [3.63, 3.8) is 0 Å². The van der Waals surface area contributed by atoms with Gasteiger partial charge < -0.3 is 14.2 Å². The number of hydrogen-bond acceptors (Lipinski definition) is 6. The van der Waals surface area contributed by atoms with E-state index >= 15 is 0 Å².